The van der Waals surface area contributed by atoms with Crippen molar-refractivity contribution in [2.24, 2.45) is 5.41 Å². The molecule has 0 saturated carbocycles. The second-order valence-corrected chi connectivity index (χ2v) is 3.71. The van der Waals surface area contributed by atoms with E-state index in [4.69, 9.17) is 9.47 Å². The molecule has 0 N–H and O–H groups in total. The number of carbonyl (C=O) groups is 2. The molecule has 0 unspecified atom stereocenters. The van der Waals surface area contributed by atoms with Crippen LogP contribution in [0.25, 0.3) is 0 Å². The Morgan fingerprint density at radius 1 is 1.11 bits per heavy atom. The van der Waals surface area contributed by atoms with Gasteiger partial charge in [0.25, 0.3) is 0 Å². The SMILES string of the molecule is C=C/C=C/CC(C/C=C\C)(C(=O)OC)C(=O)OC. The monoisotopic (exact) mass is 252 g/mol. The lowest BCUT2D eigenvalue weighted by Gasteiger charge is -2.25. The molecule has 0 heterocycles. The summed E-state index contributed by atoms with van der Waals surface area (Å²) in [5.74, 6) is -1.19. The maximum Gasteiger partial charge on any atom is 0.323 e. The number of hydrogen-bond donors (Lipinski definition) is 0. The lowest BCUT2D eigenvalue weighted by Crippen LogP contribution is -2.40. The zero-order chi connectivity index (χ0) is 14.0. The average molecular weight is 252 g/mol. The molecule has 18 heavy (non-hydrogen) atoms. The quantitative estimate of drug-likeness (QED) is 0.302. The van der Waals surface area contributed by atoms with Crippen LogP contribution in [0.15, 0.2) is 37.0 Å². The molecule has 0 aliphatic carbocycles. The van der Waals surface area contributed by atoms with Crippen molar-refractivity contribution in [3.8, 4) is 0 Å². The van der Waals surface area contributed by atoms with Crippen LogP contribution >= 0.6 is 0 Å². The van der Waals surface area contributed by atoms with Crippen LogP contribution in [0.4, 0.5) is 0 Å². The Balaban J connectivity index is 5.37. The van der Waals surface area contributed by atoms with Crippen molar-refractivity contribution in [2.75, 3.05) is 14.2 Å². The Bertz CT molecular complexity index is 337. The van der Waals surface area contributed by atoms with E-state index in [9.17, 15) is 9.59 Å². The van der Waals surface area contributed by atoms with Crippen molar-refractivity contribution < 1.29 is 19.1 Å². The summed E-state index contributed by atoms with van der Waals surface area (Å²) in [5.41, 5.74) is -1.32. The van der Waals surface area contributed by atoms with Crippen molar-refractivity contribution in [1.82, 2.24) is 0 Å². The maximum absolute atomic E-state index is 11.9. The lowest BCUT2D eigenvalue weighted by atomic mass is 9.80. The number of allylic oxidation sites excluding steroid dienone is 5. The van der Waals surface area contributed by atoms with Crippen LogP contribution in [0.1, 0.15) is 19.8 Å². The highest BCUT2D eigenvalue weighted by atomic mass is 16.5. The first-order valence-electron chi connectivity index (χ1n) is 5.64. The third kappa shape index (κ3) is 3.87. The minimum Gasteiger partial charge on any atom is -0.468 e. The van der Waals surface area contributed by atoms with Crippen molar-refractivity contribution >= 4 is 11.9 Å². The van der Waals surface area contributed by atoms with Gasteiger partial charge < -0.3 is 9.47 Å². The van der Waals surface area contributed by atoms with E-state index in [-0.39, 0.29) is 12.8 Å². The third-order valence-corrected chi connectivity index (χ3v) is 2.59. The van der Waals surface area contributed by atoms with Crippen LogP contribution < -0.4 is 0 Å². The van der Waals surface area contributed by atoms with E-state index in [1.54, 1.807) is 30.4 Å². The minimum atomic E-state index is -1.32. The smallest absolute Gasteiger partial charge is 0.323 e. The molecule has 0 atom stereocenters. The van der Waals surface area contributed by atoms with Crippen molar-refractivity contribution in [1.29, 1.82) is 0 Å². The number of methoxy groups -OCH3 is 2. The predicted octanol–water partition coefficient (Wildman–Crippen LogP) is 2.42. The number of ether oxygens (including phenoxy) is 2. The number of esters is 2. The molecule has 0 aliphatic heterocycles. The first-order valence-corrected chi connectivity index (χ1v) is 5.64. The first kappa shape index (κ1) is 16.2. The molecule has 0 aliphatic rings. The van der Waals surface area contributed by atoms with Gasteiger partial charge in [-0.1, -0.05) is 37.0 Å². The van der Waals surface area contributed by atoms with Crippen molar-refractivity contribution in [2.45, 2.75) is 19.8 Å². The van der Waals surface area contributed by atoms with Gasteiger partial charge in [0.1, 0.15) is 0 Å². The van der Waals surface area contributed by atoms with Gasteiger partial charge in [-0.2, -0.15) is 0 Å². The molecule has 100 valence electrons. The first-order chi connectivity index (χ1) is 8.58. The van der Waals surface area contributed by atoms with Gasteiger partial charge in [0, 0.05) is 0 Å². The molecule has 0 amide bonds. The summed E-state index contributed by atoms with van der Waals surface area (Å²) in [4.78, 5) is 23.8. The normalized spacial score (nSPS) is 11.7. The van der Waals surface area contributed by atoms with Crippen LogP contribution in [0.5, 0.6) is 0 Å². The summed E-state index contributed by atoms with van der Waals surface area (Å²) in [6.07, 6.45) is 8.93. The number of hydrogen-bond acceptors (Lipinski definition) is 4. The van der Waals surface area contributed by atoms with Crippen LogP contribution in [0.2, 0.25) is 0 Å². The molecule has 0 saturated heterocycles. The van der Waals surface area contributed by atoms with Crippen LogP contribution in [-0.2, 0) is 19.1 Å². The van der Waals surface area contributed by atoms with E-state index in [1.807, 2.05) is 6.92 Å². The zero-order valence-corrected chi connectivity index (χ0v) is 11.1. The van der Waals surface area contributed by atoms with E-state index >= 15 is 0 Å². The van der Waals surface area contributed by atoms with E-state index < -0.39 is 17.4 Å². The zero-order valence-electron chi connectivity index (χ0n) is 11.1. The fourth-order valence-electron chi connectivity index (χ4n) is 1.58. The highest BCUT2D eigenvalue weighted by Gasteiger charge is 2.46. The second-order valence-electron chi connectivity index (χ2n) is 3.71. The van der Waals surface area contributed by atoms with Gasteiger partial charge in [-0.15, -0.1) is 0 Å². The van der Waals surface area contributed by atoms with E-state index in [1.165, 1.54) is 14.2 Å². The Hall–Kier alpha value is -1.84. The molecule has 0 bridgehead atoms. The van der Waals surface area contributed by atoms with Gasteiger partial charge >= 0.3 is 11.9 Å². The van der Waals surface area contributed by atoms with E-state index in [0.29, 0.717) is 0 Å². The van der Waals surface area contributed by atoms with E-state index in [0.717, 1.165) is 0 Å². The molecule has 0 aromatic rings. The fourth-order valence-corrected chi connectivity index (χ4v) is 1.58. The number of carbonyl (C=O) groups excluding carboxylic acids is 2. The van der Waals surface area contributed by atoms with Gasteiger partial charge in [-0.25, -0.2) is 0 Å². The van der Waals surface area contributed by atoms with Crippen molar-refractivity contribution in [3.05, 3.63) is 37.0 Å². The number of rotatable bonds is 7. The molecule has 0 spiro atoms. The Kier molecular flexibility index (Phi) is 7.43. The standard InChI is InChI=1S/C14H20O4/c1-5-7-9-11-14(10-8-6-2,12(15)17-3)13(16)18-4/h5-9H,1,10-11H2,2-4H3/b8-6-,9-7+. The highest BCUT2D eigenvalue weighted by molar-refractivity contribution is 6.00. The molecule has 0 fully saturated rings. The van der Waals surface area contributed by atoms with Crippen molar-refractivity contribution in [3.63, 3.8) is 0 Å². The molecular formula is C14H20O4. The maximum atomic E-state index is 11.9. The minimum absolute atomic E-state index is 0.211. The van der Waals surface area contributed by atoms with Gasteiger partial charge in [-0.05, 0) is 19.8 Å². The molecule has 0 aromatic heterocycles. The highest BCUT2D eigenvalue weighted by Crippen LogP contribution is 2.31. The summed E-state index contributed by atoms with van der Waals surface area (Å²) in [6.45, 7) is 5.36. The van der Waals surface area contributed by atoms with Gasteiger partial charge in [0.2, 0.25) is 0 Å². The fraction of sp³-hybridized carbons (Fsp3) is 0.429. The van der Waals surface area contributed by atoms with E-state index in [2.05, 4.69) is 6.58 Å². The summed E-state index contributed by atoms with van der Waals surface area (Å²) < 4.78 is 9.47. The topological polar surface area (TPSA) is 52.6 Å². The second kappa shape index (κ2) is 8.28. The molecular weight excluding hydrogens is 232 g/mol. The molecule has 4 heteroatoms. The Labute approximate surface area is 108 Å². The molecule has 0 aromatic carbocycles. The van der Waals surface area contributed by atoms with Gasteiger partial charge in [0.15, 0.2) is 5.41 Å². The molecule has 4 nitrogen and oxygen atoms in total. The van der Waals surface area contributed by atoms with Crippen LogP contribution in [0, 0.1) is 5.41 Å². The van der Waals surface area contributed by atoms with Gasteiger partial charge in [-0.3, -0.25) is 9.59 Å². The lowest BCUT2D eigenvalue weighted by molar-refractivity contribution is -0.168. The Morgan fingerprint density at radius 3 is 2.00 bits per heavy atom. The molecule has 0 rings (SSSR count). The predicted molar refractivity (Wildman–Crippen MR) is 69.9 cm³/mol. The average Bonchev–Trinajstić information content (AvgIpc) is 2.41. The summed E-state index contributed by atoms with van der Waals surface area (Å²) in [5, 5.41) is 0. The third-order valence-electron chi connectivity index (χ3n) is 2.59. The summed E-state index contributed by atoms with van der Waals surface area (Å²) in [7, 11) is 2.51. The van der Waals surface area contributed by atoms with Crippen LogP contribution in [0.3, 0.4) is 0 Å². The van der Waals surface area contributed by atoms with Crippen LogP contribution in [-0.4, -0.2) is 26.2 Å². The summed E-state index contributed by atoms with van der Waals surface area (Å²) in [6, 6.07) is 0. The summed E-state index contributed by atoms with van der Waals surface area (Å²) >= 11 is 0. The largest absolute Gasteiger partial charge is 0.468 e. The van der Waals surface area contributed by atoms with Gasteiger partial charge in [0.05, 0.1) is 14.2 Å². The molecule has 0 radical (unpaired) electrons. The Morgan fingerprint density at radius 2 is 1.61 bits per heavy atom.